The molecule has 2 aliphatic heterocycles. The Morgan fingerprint density at radius 2 is 1.59 bits per heavy atom. The average Bonchev–Trinajstić information content (AvgIpc) is 3.89. The summed E-state index contributed by atoms with van der Waals surface area (Å²) in [7, 11) is -2.34. The van der Waals surface area contributed by atoms with Gasteiger partial charge >= 0.3 is 0 Å². The van der Waals surface area contributed by atoms with Crippen LogP contribution in [0.5, 0.6) is 5.75 Å². The molecule has 1 atom stereocenters. The van der Waals surface area contributed by atoms with Crippen LogP contribution < -0.4 is 25.4 Å². The van der Waals surface area contributed by atoms with Crippen molar-refractivity contribution in [1.82, 2.24) is 35.0 Å². The number of H-pyrrole nitrogens is 1. The Morgan fingerprint density at radius 3 is 2.30 bits per heavy atom. The van der Waals surface area contributed by atoms with E-state index in [0.29, 0.717) is 47.0 Å². The molecule has 19 nitrogen and oxygen atoms in total. The van der Waals surface area contributed by atoms with E-state index in [4.69, 9.17) is 25.8 Å². The Labute approximate surface area is 404 Å². The van der Waals surface area contributed by atoms with Gasteiger partial charge < -0.3 is 29.8 Å². The Kier molecular flexibility index (Phi) is 15.9. The molecule has 366 valence electrons. The number of carbonyl (C=O) groups is 6. The number of hydrogen-bond acceptors (Lipinski definition) is 13. The van der Waals surface area contributed by atoms with Gasteiger partial charge in [0.15, 0.2) is 0 Å². The molecular formula is C48H55ClN8O11S. The summed E-state index contributed by atoms with van der Waals surface area (Å²) in [5.74, 6) is -3.51. The lowest BCUT2D eigenvalue weighted by Crippen LogP contribution is -2.54. The van der Waals surface area contributed by atoms with E-state index < -0.39 is 57.3 Å². The largest absolute Gasteiger partial charge is 0.494 e. The number of halogens is 1. The van der Waals surface area contributed by atoms with E-state index in [0.717, 1.165) is 43.9 Å². The number of hydrogen-bond donors (Lipinski definition) is 5. The van der Waals surface area contributed by atoms with Crippen LogP contribution >= 0.6 is 11.6 Å². The summed E-state index contributed by atoms with van der Waals surface area (Å²) >= 11 is 6.34. The van der Waals surface area contributed by atoms with Crippen molar-refractivity contribution in [2.24, 2.45) is 7.05 Å². The minimum absolute atomic E-state index is 0.0227. The topological polar surface area (TPSA) is 249 Å². The number of nitrogens with one attached hydrogen (secondary N) is 5. The Hall–Kier alpha value is -6.61. The summed E-state index contributed by atoms with van der Waals surface area (Å²) in [5.41, 5.74) is 7.36. The monoisotopic (exact) mass is 986 g/mol. The average molecular weight is 988 g/mol. The fraction of sp³-hybridized carbons (Fsp3) is 0.396. The number of nitrogens with zero attached hydrogens (tertiary/aromatic N) is 3. The van der Waals surface area contributed by atoms with Crippen LogP contribution in [0.1, 0.15) is 85.0 Å². The zero-order valence-electron chi connectivity index (χ0n) is 39.0. The number of aryl methyl sites for hydroxylation is 5. The first-order valence-electron chi connectivity index (χ1n) is 22.5. The molecule has 2 aliphatic rings. The first kappa shape index (κ1) is 50.3. The van der Waals surface area contributed by atoms with E-state index >= 15 is 0 Å². The van der Waals surface area contributed by atoms with Crippen molar-refractivity contribution >= 4 is 73.7 Å². The number of fused-ring (bicyclic) bond motifs is 2. The summed E-state index contributed by atoms with van der Waals surface area (Å²) in [4.78, 5) is 80.9. The van der Waals surface area contributed by atoms with Gasteiger partial charge in [-0.2, -0.15) is 5.10 Å². The van der Waals surface area contributed by atoms with Crippen molar-refractivity contribution < 1.29 is 51.4 Å². The van der Waals surface area contributed by atoms with Gasteiger partial charge in [0.25, 0.3) is 17.7 Å². The quantitative estimate of drug-likeness (QED) is 0.0471. The normalized spacial score (nSPS) is 14.9. The number of imide groups is 2. The van der Waals surface area contributed by atoms with Gasteiger partial charge in [0.05, 0.1) is 61.1 Å². The molecule has 1 unspecified atom stereocenters. The summed E-state index contributed by atoms with van der Waals surface area (Å²) in [6.07, 6.45) is 0.935. The van der Waals surface area contributed by atoms with E-state index in [9.17, 15) is 37.2 Å². The summed E-state index contributed by atoms with van der Waals surface area (Å²) in [6.45, 7) is 8.64. The summed E-state index contributed by atoms with van der Waals surface area (Å²) in [5, 5.41) is 13.8. The number of rotatable bonds is 22. The van der Waals surface area contributed by atoms with Crippen LogP contribution in [-0.2, 0) is 47.3 Å². The highest BCUT2D eigenvalue weighted by molar-refractivity contribution is 7.90. The second-order valence-electron chi connectivity index (χ2n) is 16.9. The highest BCUT2D eigenvalue weighted by Gasteiger charge is 2.45. The first-order chi connectivity index (χ1) is 33.0. The van der Waals surface area contributed by atoms with E-state index in [1.807, 2.05) is 65.1 Å². The third-order valence-electron chi connectivity index (χ3n) is 12.0. The lowest BCUT2D eigenvalue weighted by Gasteiger charge is -2.27. The number of sulfonamides is 1. The maximum absolute atomic E-state index is 13.8. The van der Waals surface area contributed by atoms with Gasteiger partial charge in [-0.1, -0.05) is 35.9 Å². The molecule has 3 aromatic carbocycles. The molecule has 1 fully saturated rings. The third-order valence-corrected chi connectivity index (χ3v) is 13.8. The Morgan fingerprint density at radius 1 is 0.884 bits per heavy atom. The fourth-order valence-electron chi connectivity index (χ4n) is 8.59. The second-order valence-corrected chi connectivity index (χ2v) is 19.1. The molecule has 21 heteroatoms. The molecule has 0 bridgehead atoms. The van der Waals surface area contributed by atoms with Crippen molar-refractivity contribution in [3.8, 4) is 16.9 Å². The van der Waals surface area contributed by atoms with Crippen LogP contribution in [0.15, 0.2) is 48.5 Å². The number of amides is 6. The zero-order valence-corrected chi connectivity index (χ0v) is 40.6. The number of aromatic amines is 1. The van der Waals surface area contributed by atoms with Crippen LogP contribution in [0.2, 0.25) is 5.02 Å². The number of anilines is 1. The number of piperidine rings is 1. The molecular weight excluding hydrogens is 932 g/mol. The zero-order chi connectivity index (χ0) is 49.6. The van der Waals surface area contributed by atoms with Gasteiger partial charge in [0, 0.05) is 65.9 Å². The second kappa shape index (κ2) is 21.8. The van der Waals surface area contributed by atoms with Gasteiger partial charge in [-0.05, 0) is 87.9 Å². The van der Waals surface area contributed by atoms with E-state index in [-0.39, 0.29) is 75.6 Å². The van der Waals surface area contributed by atoms with Crippen molar-refractivity contribution in [3.05, 3.63) is 98.5 Å². The predicted octanol–water partition coefficient (Wildman–Crippen LogP) is 4.58. The van der Waals surface area contributed by atoms with Crippen LogP contribution in [0.3, 0.4) is 0 Å². The molecule has 69 heavy (non-hydrogen) atoms. The van der Waals surface area contributed by atoms with Gasteiger partial charge in [-0.3, -0.25) is 43.7 Å². The molecule has 4 heterocycles. The van der Waals surface area contributed by atoms with E-state index in [1.165, 1.54) is 6.07 Å². The van der Waals surface area contributed by atoms with E-state index in [2.05, 4.69) is 30.8 Å². The molecule has 0 radical (unpaired) electrons. The van der Waals surface area contributed by atoms with Gasteiger partial charge in [0.2, 0.25) is 27.7 Å². The lowest BCUT2D eigenvalue weighted by atomic mass is 9.98. The maximum Gasteiger partial charge on any atom is 0.281 e. The molecule has 0 saturated carbocycles. The summed E-state index contributed by atoms with van der Waals surface area (Å²) in [6, 6.07) is 13.2. The Bertz CT molecular complexity index is 2930. The van der Waals surface area contributed by atoms with Crippen molar-refractivity contribution in [2.45, 2.75) is 65.8 Å². The van der Waals surface area contributed by atoms with Crippen LogP contribution in [0.4, 0.5) is 5.69 Å². The molecule has 6 amide bonds. The molecule has 5 aromatic rings. The van der Waals surface area contributed by atoms with Crippen LogP contribution in [0.25, 0.3) is 22.0 Å². The standard InChI is InChI=1S/C48H55ClN8O11S/c1-27-25-31(26-28(2)42(27)49)68-19-8-12-33-32-9-6-10-34(40-29(3)54-56(5)30(40)4)43(32)53-44(33)46(61)55-69(64,65)24-18-51-38(58)16-20-66-22-23-67-21-17-50-36-13-7-11-35-41(36)48(63)57(47(35)62)37-14-15-39(59)52-45(37)60/h6-7,9-11,13,25-26,37,50,53H,8,12,14-24H2,1-5H3,(H,51,58)(H,55,61)(H,52,59,60). The van der Waals surface area contributed by atoms with Crippen molar-refractivity contribution in [1.29, 1.82) is 0 Å². The molecule has 0 spiro atoms. The minimum Gasteiger partial charge on any atom is -0.494 e. The highest BCUT2D eigenvalue weighted by Crippen LogP contribution is 2.36. The molecule has 7 rings (SSSR count). The maximum atomic E-state index is 13.8. The van der Waals surface area contributed by atoms with Crippen molar-refractivity contribution in [3.63, 3.8) is 0 Å². The fourth-order valence-corrected chi connectivity index (χ4v) is 9.56. The van der Waals surface area contributed by atoms with Crippen molar-refractivity contribution in [2.75, 3.05) is 57.2 Å². The molecule has 1 saturated heterocycles. The Balaban J connectivity index is 0.849. The smallest absolute Gasteiger partial charge is 0.281 e. The van der Waals surface area contributed by atoms with Crippen LogP contribution in [0, 0.1) is 27.7 Å². The molecule has 5 N–H and O–H groups in total. The number of aromatic nitrogens is 3. The SMILES string of the molecule is Cc1cc(OCCCc2c(C(=O)NS(=O)(=O)CCNC(=O)CCOCCOCCNc3cccc4c3C(=O)N(C3CCC(=O)NC3=O)C4=O)[nH]c3c(-c4c(C)nn(C)c4C)cccc23)cc(C)c1Cl. The number of ether oxygens (including phenoxy) is 3. The number of carbonyl (C=O) groups excluding carboxylic acids is 6. The summed E-state index contributed by atoms with van der Waals surface area (Å²) < 4.78 is 47.6. The van der Waals surface area contributed by atoms with Gasteiger partial charge in [0.1, 0.15) is 17.5 Å². The van der Waals surface area contributed by atoms with Crippen LogP contribution in [-0.4, -0.2) is 121 Å². The van der Waals surface area contributed by atoms with E-state index in [1.54, 1.807) is 16.8 Å². The molecule has 2 aromatic heterocycles. The first-order valence-corrected chi connectivity index (χ1v) is 24.6. The number of para-hydroxylation sites is 1. The lowest BCUT2D eigenvalue weighted by molar-refractivity contribution is -0.136. The van der Waals surface area contributed by atoms with Gasteiger partial charge in [-0.25, -0.2) is 13.1 Å². The highest BCUT2D eigenvalue weighted by atomic mass is 35.5. The third kappa shape index (κ3) is 11.5. The number of benzene rings is 3. The predicted molar refractivity (Wildman–Crippen MR) is 257 cm³/mol. The van der Waals surface area contributed by atoms with Gasteiger partial charge in [-0.15, -0.1) is 0 Å². The minimum atomic E-state index is -4.20. The molecule has 0 aliphatic carbocycles.